The molecule has 1 N–H and O–H groups in total. The maximum Gasteiger partial charge on any atom is 0.418 e. The van der Waals surface area contributed by atoms with Gasteiger partial charge in [0.1, 0.15) is 0 Å². The Morgan fingerprint density at radius 1 is 1.30 bits per heavy atom. The molecule has 1 saturated carbocycles. The van der Waals surface area contributed by atoms with Crippen LogP contribution in [0.15, 0.2) is 18.2 Å². The first kappa shape index (κ1) is 15.6. The standard InChI is InChI=1S/C14H14F3N3O3/c15-14(16,17)11-6-10(20(22)23)3-4-12(11)18-8-5-13(21)19(7-8)9-1-2-9/h3-4,6,8-9,18H,1-2,5,7H2. The fraction of sp³-hybridized carbons (Fsp3) is 0.500. The van der Waals surface area contributed by atoms with Gasteiger partial charge in [0.2, 0.25) is 5.91 Å². The van der Waals surface area contributed by atoms with Crippen molar-refractivity contribution in [3.8, 4) is 0 Å². The largest absolute Gasteiger partial charge is 0.418 e. The monoisotopic (exact) mass is 329 g/mol. The third-order valence-corrected chi connectivity index (χ3v) is 4.03. The summed E-state index contributed by atoms with van der Waals surface area (Å²) in [6.07, 6.45) is -2.72. The number of amides is 1. The van der Waals surface area contributed by atoms with Gasteiger partial charge >= 0.3 is 6.18 Å². The average molecular weight is 329 g/mol. The summed E-state index contributed by atoms with van der Waals surface area (Å²) in [6, 6.07) is 2.37. The molecule has 9 heteroatoms. The maximum atomic E-state index is 13.1. The van der Waals surface area contributed by atoms with Crippen molar-refractivity contribution >= 4 is 17.3 Å². The second kappa shape index (κ2) is 5.39. The van der Waals surface area contributed by atoms with Crippen LogP contribution < -0.4 is 5.32 Å². The van der Waals surface area contributed by atoms with Gasteiger partial charge in [-0.1, -0.05) is 0 Å². The fourth-order valence-electron chi connectivity index (χ4n) is 2.79. The molecule has 0 aromatic heterocycles. The minimum Gasteiger partial charge on any atom is -0.380 e. The van der Waals surface area contributed by atoms with Crippen molar-refractivity contribution in [3.63, 3.8) is 0 Å². The van der Waals surface area contributed by atoms with Crippen LogP contribution in [0.5, 0.6) is 0 Å². The number of nitrogens with one attached hydrogen (secondary N) is 1. The third-order valence-electron chi connectivity index (χ3n) is 4.03. The van der Waals surface area contributed by atoms with Crippen molar-refractivity contribution < 1.29 is 22.9 Å². The summed E-state index contributed by atoms with van der Waals surface area (Å²) in [4.78, 5) is 23.3. The zero-order valence-electron chi connectivity index (χ0n) is 12.0. The summed E-state index contributed by atoms with van der Waals surface area (Å²) in [6.45, 7) is 0.359. The lowest BCUT2D eigenvalue weighted by molar-refractivity contribution is -0.385. The van der Waals surface area contributed by atoms with Gasteiger partial charge in [-0.3, -0.25) is 14.9 Å². The Kier molecular flexibility index (Phi) is 3.65. The molecule has 1 aliphatic carbocycles. The van der Waals surface area contributed by atoms with E-state index in [9.17, 15) is 28.1 Å². The van der Waals surface area contributed by atoms with E-state index in [0.717, 1.165) is 25.0 Å². The minimum atomic E-state index is -4.72. The fourth-order valence-corrected chi connectivity index (χ4v) is 2.79. The molecule has 0 spiro atoms. The van der Waals surface area contributed by atoms with E-state index in [2.05, 4.69) is 5.32 Å². The first-order valence-electron chi connectivity index (χ1n) is 7.17. The predicted molar refractivity (Wildman–Crippen MR) is 74.9 cm³/mol. The molecule has 1 saturated heterocycles. The molecule has 23 heavy (non-hydrogen) atoms. The van der Waals surface area contributed by atoms with Crippen LogP contribution in [0.4, 0.5) is 24.5 Å². The molecule has 3 rings (SSSR count). The zero-order chi connectivity index (χ0) is 16.8. The Hall–Kier alpha value is -2.32. The summed E-state index contributed by atoms with van der Waals surface area (Å²) < 4.78 is 39.4. The summed E-state index contributed by atoms with van der Waals surface area (Å²) in [5, 5.41) is 13.4. The van der Waals surface area contributed by atoms with Crippen molar-refractivity contribution in [2.24, 2.45) is 0 Å². The molecule has 1 heterocycles. The lowest BCUT2D eigenvalue weighted by Crippen LogP contribution is -2.30. The van der Waals surface area contributed by atoms with Gasteiger partial charge in [0, 0.05) is 36.8 Å². The van der Waals surface area contributed by atoms with Gasteiger partial charge in [-0.05, 0) is 18.9 Å². The molecule has 124 valence electrons. The molecule has 2 aliphatic rings. The van der Waals surface area contributed by atoms with Crippen LogP contribution in [0, 0.1) is 10.1 Å². The van der Waals surface area contributed by atoms with Crippen LogP contribution in [-0.2, 0) is 11.0 Å². The molecule has 1 aromatic rings. The van der Waals surface area contributed by atoms with Gasteiger partial charge in [0.25, 0.3) is 5.69 Å². The number of benzene rings is 1. The number of non-ortho nitro benzene ring substituents is 1. The van der Waals surface area contributed by atoms with Gasteiger partial charge < -0.3 is 10.2 Å². The van der Waals surface area contributed by atoms with Crippen molar-refractivity contribution in [1.82, 2.24) is 4.90 Å². The molecule has 1 unspecified atom stereocenters. The Balaban J connectivity index is 1.82. The highest BCUT2D eigenvalue weighted by atomic mass is 19.4. The molecule has 0 radical (unpaired) electrons. The highest BCUT2D eigenvalue weighted by molar-refractivity contribution is 5.81. The van der Waals surface area contributed by atoms with Crippen LogP contribution in [0.3, 0.4) is 0 Å². The number of anilines is 1. The Morgan fingerprint density at radius 2 is 2.00 bits per heavy atom. The SMILES string of the molecule is O=C1CC(Nc2ccc([N+](=O)[O-])cc2C(F)(F)F)CN1C1CC1. The molecule has 0 bridgehead atoms. The molecule has 1 aliphatic heterocycles. The average Bonchev–Trinajstić information content (AvgIpc) is 3.22. The van der Waals surface area contributed by atoms with Crippen LogP contribution in [0.2, 0.25) is 0 Å². The number of nitro benzene ring substituents is 1. The van der Waals surface area contributed by atoms with E-state index < -0.39 is 28.4 Å². The molecule has 1 amide bonds. The van der Waals surface area contributed by atoms with Crippen LogP contribution >= 0.6 is 0 Å². The first-order chi connectivity index (χ1) is 10.8. The van der Waals surface area contributed by atoms with Gasteiger partial charge in [0.05, 0.1) is 16.5 Å². The lowest BCUT2D eigenvalue weighted by Gasteiger charge is -2.19. The zero-order valence-corrected chi connectivity index (χ0v) is 12.0. The van der Waals surface area contributed by atoms with Crippen LogP contribution in [0.25, 0.3) is 0 Å². The van der Waals surface area contributed by atoms with E-state index >= 15 is 0 Å². The van der Waals surface area contributed by atoms with E-state index in [-0.39, 0.29) is 24.1 Å². The Labute approximate surface area is 129 Å². The molecular weight excluding hydrogens is 315 g/mol. The minimum absolute atomic E-state index is 0.0690. The van der Waals surface area contributed by atoms with Crippen molar-refractivity contribution in [2.75, 3.05) is 11.9 Å². The van der Waals surface area contributed by atoms with Gasteiger partial charge in [-0.2, -0.15) is 13.2 Å². The topological polar surface area (TPSA) is 75.5 Å². The number of hydrogen-bond donors (Lipinski definition) is 1. The number of hydrogen-bond acceptors (Lipinski definition) is 4. The molecule has 6 nitrogen and oxygen atoms in total. The first-order valence-corrected chi connectivity index (χ1v) is 7.17. The van der Waals surface area contributed by atoms with E-state index in [1.165, 1.54) is 0 Å². The second-order valence-corrected chi connectivity index (χ2v) is 5.81. The van der Waals surface area contributed by atoms with Crippen LogP contribution in [0.1, 0.15) is 24.8 Å². The highest BCUT2D eigenvalue weighted by Crippen LogP contribution is 2.38. The Morgan fingerprint density at radius 3 is 2.57 bits per heavy atom. The van der Waals surface area contributed by atoms with Crippen LogP contribution in [-0.4, -0.2) is 34.4 Å². The number of halogens is 3. The maximum absolute atomic E-state index is 13.1. The molecular formula is C14H14F3N3O3. The van der Waals surface area contributed by atoms with Gasteiger partial charge in [-0.15, -0.1) is 0 Å². The van der Waals surface area contributed by atoms with Crippen molar-refractivity contribution in [1.29, 1.82) is 0 Å². The van der Waals surface area contributed by atoms with Crippen molar-refractivity contribution in [3.05, 3.63) is 33.9 Å². The normalized spacial score (nSPS) is 21.6. The summed E-state index contributed by atoms with van der Waals surface area (Å²) >= 11 is 0. The number of nitrogens with zero attached hydrogens (tertiary/aromatic N) is 2. The quantitative estimate of drug-likeness (QED) is 0.681. The highest BCUT2D eigenvalue weighted by Gasteiger charge is 2.41. The van der Waals surface area contributed by atoms with Gasteiger partial charge in [0.15, 0.2) is 0 Å². The smallest absolute Gasteiger partial charge is 0.380 e. The number of carbonyl (C=O) groups is 1. The predicted octanol–water partition coefficient (Wildman–Crippen LogP) is 2.79. The number of nitro groups is 1. The van der Waals surface area contributed by atoms with E-state index in [1.54, 1.807) is 4.90 Å². The lowest BCUT2D eigenvalue weighted by atomic mass is 10.1. The van der Waals surface area contributed by atoms with E-state index in [4.69, 9.17) is 0 Å². The van der Waals surface area contributed by atoms with Gasteiger partial charge in [-0.25, -0.2) is 0 Å². The van der Waals surface area contributed by atoms with E-state index in [0.29, 0.717) is 12.6 Å². The summed E-state index contributed by atoms with van der Waals surface area (Å²) in [5.41, 5.74) is -1.95. The molecule has 2 fully saturated rings. The van der Waals surface area contributed by atoms with E-state index in [1.807, 2.05) is 0 Å². The number of likely N-dealkylation sites (tertiary alicyclic amines) is 1. The summed E-state index contributed by atoms with van der Waals surface area (Å²) in [5.74, 6) is -0.0690. The second-order valence-electron chi connectivity index (χ2n) is 5.81. The Bertz CT molecular complexity index is 658. The number of carbonyl (C=O) groups excluding carboxylic acids is 1. The number of alkyl halides is 3. The number of rotatable bonds is 4. The van der Waals surface area contributed by atoms with Crippen molar-refractivity contribution in [2.45, 2.75) is 37.5 Å². The third kappa shape index (κ3) is 3.22. The summed E-state index contributed by atoms with van der Waals surface area (Å²) in [7, 11) is 0. The molecule has 1 atom stereocenters. The molecule has 1 aromatic carbocycles.